The molecule has 0 bridgehead atoms. The maximum atomic E-state index is 12.6. The number of para-hydroxylation sites is 1. The molecular weight excluding hydrogens is 326 g/mol. The molecule has 4 aromatic rings. The van der Waals surface area contributed by atoms with Crippen LogP contribution in [0.4, 0.5) is 0 Å². The summed E-state index contributed by atoms with van der Waals surface area (Å²) in [6.07, 6.45) is 1.86. The zero-order chi connectivity index (χ0) is 16.7. The Morgan fingerprint density at radius 2 is 2.00 bits per heavy atom. The van der Waals surface area contributed by atoms with Crippen molar-refractivity contribution < 1.29 is 4.79 Å². The molecule has 120 valence electrons. The van der Waals surface area contributed by atoms with Crippen molar-refractivity contribution in [2.75, 3.05) is 0 Å². The van der Waals surface area contributed by atoms with Crippen LogP contribution in [0.25, 0.3) is 16.6 Å². The number of H-pyrrole nitrogens is 1. The summed E-state index contributed by atoms with van der Waals surface area (Å²) in [4.78, 5) is 15.7. The number of pyridine rings is 1. The first-order chi connectivity index (χ1) is 11.6. The van der Waals surface area contributed by atoms with Crippen molar-refractivity contribution >= 4 is 34.1 Å². The predicted molar refractivity (Wildman–Crippen MR) is 92.2 cm³/mol. The molecule has 7 heteroatoms. The molecule has 0 aliphatic carbocycles. The minimum atomic E-state index is -0.322. The monoisotopic (exact) mass is 339 g/mol. The molecule has 1 unspecified atom stereocenters. The van der Waals surface area contributed by atoms with Crippen molar-refractivity contribution in [1.29, 1.82) is 0 Å². The second-order valence-electron chi connectivity index (χ2n) is 5.54. The molecule has 4 rings (SSSR count). The quantitative estimate of drug-likeness (QED) is 0.601. The van der Waals surface area contributed by atoms with Gasteiger partial charge in [0.05, 0.1) is 11.1 Å². The predicted octanol–water partition coefficient (Wildman–Crippen LogP) is 3.36. The number of hydrogen-bond donors (Lipinski definition) is 2. The summed E-state index contributed by atoms with van der Waals surface area (Å²) in [5, 5.41) is 12.4. The maximum Gasteiger partial charge on any atom is 0.269 e. The van der Waals surface area contributed by atoms with E-state index in [2.05, 4.69) is 20.5 Å². The third-order valence-electron chi connectivity index (χ3n) is 3.94. The van der Waals surface area contributed by atoms with Gasteiger partial charge in [-0.25, -0.2) is 0 Å². The summed E-state index contributed by atoms with van der Waals surface area (Å²) in [6.45, 7) is 1.86. The Labute approximate surface area is 142 Å². The Kier molecular flexibility index (Phi) is 3.46. The van der Waals surface area contributed by atoms with Gasteiger partial charge in [-0.2, -0.15) is 0 Å². The number of carbonyl (C=O) groups excluding carboxylic acids is 1. The molecule has 6 nitrogen and oxygen atoms in total. The van der Waals surface area contributed by atoms with Crippen molar-refractivity contribution in [2.45, 2.75) is 13.0 Å². The van der Waals surface area contributed by atoms with Crippen molar-refractivity contribution in [3.05, 3.63) is 65.2 Å². The van der Waals surface area contributed by atoms with Crippen LogP contribution in [-0.2, 0) is 0 Å². The Bertz CT molecular complexity index is 1050. The molecule has 1 amide bonds. The van der Waals surface area contributed by atoms with Gasteiger partial charge >= 0.3 is 0 Å². The van der Waals surface area contributed by atoms with Crippen LogP contribution < -0.4 is 5.32 Å². The fraction of sp³-hybridized carbons (Fsp3) is 0.118. The summed E-state index contributed by atoms with van der Waals surface area (Å²) in [5.74, 6) is 0.377. The number of nitrogens with zero attached hydrogens (tertiary/aromatic N) is 3. The van der Waals surface area contributed by atoms with E-state index in [9.17, 15) is 4.79 Å². The van der Waals surface area contributed by atoms with Gasteiger partial charge in [0.15, 0.2) is 11.5 Å². The number of fused-ring (bicyclic) bond motifs is 2. The minimum absolute atomic E-state index is 0.281. The average molecular weight is 340 g/mol. The lowest BCUT2D eigenvalue weighted by Crippen LogP contribution is -2.28. The lowest BCUT2D eigenvalue weighted by molar-refractivity contribution is 0.0934. The van der Waals surface area contributed by atoms with Crippen molar-refractivity contribution in [2.24, 2.45) is 0 Å². The summed E-state index contributed by atoms with van der Waals surface area (Å²) in [7, 11) is 0. The molecule has 0 radical (unpaired) electrons. The normalized spacial score (nSPS) is 12.6. The van der Waals surface area contributed by atoms with E-state index in [1.807, 2.05) is 60.0 Å². The molecule has 24 heavy (non-hydrogen) atoms. The Balaban J connectivity index is 1.64. The van der Waals surface area contributed by atoms with Gasteiger partial charge in [-0.15, -0.1) is 10.2 Å². The molecule has 1 aromatic carbocycles. The first kappa shape index (κ1) is 14.7. The molecule has 1 atom stereocenters. The van der Waals surface area contributed by atoms with Crippen molar-refractivity contribution in [3.63, 3.8) is 0 Å². The van der Waals surface area contributed by atoms with Crippen LogP contribution in [0.3, 0.4) is 0 Å². The number of carbonyl (C=O) groups is 1. The number of nitrogens with one attached hydrogen (secondary N) is 2. The smallest absolute Gasteiger partial charge is 0.269 e. The van der Waals surface area contributed by atoms with E-state index in [1.165, 1.54) is 0 Å². The van der Waals surface area contributed by atoms with Crippen LogP contribution in [0.1, 0.15) is 29.3 Å². The van der Waals surface area contributed by atoms with Crippen LogP contribution in [0.15, 0.2) is 48.7 Å². The number of aromatic amines is 1. The van der Waals surface area contributed by atoms with E-state index < -0.39 is 0 Å². The molecule has 3 heterocycles. The molecule has 0 fully saturated rings. The van der Waals surface area contributed by atoms with Gasteiger partial charge in [0.2, 0.25) is 0 Å². The molecule has 0 saturated carbocycles. The van der Waals surface area contributed by atoms with Crippen LogP contribution in [0.5, 0.6) is 0 Å². The first-order valence-electron chi connectivity index (χ1n) is 7.52. The number of hydrogen-bond acceptors (Lipinski definition) is 3. The van der Waals surface area contributed by atoms with Crippen LogP contribution >= 0.6 is 11.6 Å². The summed E-state index contributed by atoms with van der Waals surface area (Å²) >= 11 is 6.33. The largest absolute Gasteiger partial charge is 0.349 e. The number of halogens is 1. The lowest BCUT2D eigenvalue weighted by Gasteiger charge is -2.11. The SMILES string of the molecule is CC(NC(=O)c1[nH]c2ccccc2c1Cl)c1nnc2ccccn12. The molecule has 3 aromatic heterocycles. The Morgan fingerprint density at radius 1 is 1.21 bits per heavy atom. The van der Waals surface area contributed by atoms with Gasteiger partial charge in [-0.1, -0.05) is 35.9 Å². The summed E-state index contributed by atoms with van der Waals surface area (Å²) in [5.41, 5.74) is 1.91. The van der Waals surface area contributed by atoms with E-state index in [-0.39, 0.29) is 11.9 Å². The zero-order valence-corrected chi connectivity index (χ0v) is 13.6. The van der Waals surface area contributed by atoms with Crippen LogP contribution in [0.2, 0.25) is 5.02 Å². The highest BCUT2D eigenvalue weighted by atomic mass is 35.5. The molecule has 0 spiro atoms. The Morgan fingerprint density at radius 3 is 2.83 bits per heavy atom. The van der Waals surface area contributed by atoms with Crippen LogP contribution in [0, 0.1) is 0 Å². The van der Waals surface area contributed by atoms with E-state index in [4.69, 9.17) is 11.6 Å². The average Bonchev–Trinajstić information content (AvgIpc) is 3.17. The first-order valence-corrected chi connectivity index (χ1v) is 7.89. The maximum absolute atomic E-state index is 12.6. The van der Waals surface area contributed by atoms with Crippen molar-refractivity contribution in [3.8, 4) is 0 Å². The standard InChI is InChI=1S/C17H14ClN5O/c1-10(16-22-21-13-8-4-5-9-23(13)16)19-17(24)15-14(18)11-6-2-3-7-12(11)20-15/h2-10,20H,1H3,(H,19,24). The molecule has 2 N–H and O–H groups in total. The zero-order valence-electron chi connectivity index (χ0n) is 12.8. The number of benzene rings is 1. The van der Waals surface area contributed by atoms with Gasteiger partial charge in [-0.3, -0.25) is 9.20 Å². The van der Waals surface area contributed by atoms with Gasteiger partial charge < -0.3 is 10.3 Å². The molecular formula is C17H14ClN5O. The summed E-state index contributed by atoms with van der Waals surface area (Å²) in [6, 6.07) is 12.9. The van der Waals surface area contributed by atoms with Crippen molar-refractivity contribution in [1.82, 2.24) is 24.9 Å². The van der Waals surface area contributed by atoms with E-state index in [0.29, 0.717) is 16.5 Å². The minimum Gasteiger partial charge on any atom is -0.349 e. The Hall–Kier alpha value is -2.86. The molecule has 0 saturated heterocycles. The number of amides is 1. The number of rotatable bonds is 3. The highest BCUT2D eigenvalue weighted by molar-refractivity contribution is 6.38. The molecule has 0 aliphatic heterocycles. The highest BCUT2D eigenvalue weighted by Gasteiger charge is 2.20. The van der Waals surface area contributed by atoms with Gasteiger partial charge in [0.1, 0.15) is 5.69 Å². The highest BCUT2D eigenvalue weighted by Crippen LogP contribution is 2.27. The third kappa shape index (κ3) is 2.32. The summed E-state index contributed by atoms with van der Waals surface area (Å²) < 4.78 is 1.85. The van der Waals surface area contributed by atoms with E-state index in [0.717, 1.165) is 16.6 Å². The lowest BCUT2D eigenvalue weighted by atomic mass is 10.2. The third-order valence-corrected chi connectivity index (χ3v) is 4.34. The second-order valence-corrected chi connectivity index (χ2v) is 5.92. The number of aromatic nitrogens is 4. The van der Waals surface area contributed by atoms with Gasteiger partial charge in [0, 0.05) is 17.1 Å². The fourth-order valence-corrected chi connectivity index (χ4v) is 3.05. The molecule has 0 aliphatic rings. The van der Waals surface area contributed by atoms with Gasteiger partial charge in [0.25, 0.3) is 5.91 Å². The fourth-order valence-electron chi connectivity index (χ4n) is 2.75. The van der Waals surface area contributed by atoms with Gasteiger partial charge in [-0.05, 0) is 25.1 Å². The van der Waals surface area contributed by atoms with E-state index >= 15 is 0 Å². The van der Waals surface area contributed by atoms with Crippen LogP contribution in [-0.4, -0.2) is 25.5 Å². The second kappa shape index (κ2) is 5.65. The topological polar surface area (TPSA) is 75.1 Å². The van der Waals surface area contributed by atoms with E-state index in [1.54, 1.807) is 0 Å².